The zero-order chi connectivity index (χ0) is 23.7. The smallest absolute Gasteiger partial charge is 0.178 e. The summed E-state index contributed by atoms with van der Waals surface area (Å²) < 4.78 is 35.2. The highest BCUT2D eigenvalue weighted by Gasteiger charge is 2.25. The first-order chi connectivity index (χ1) is 16.5. The fraction of sp³-hybridized carbons (Fsp3) is 0.423. The summed E-state index contributed by atoms with van der Waals surface area (Å²) in [6.45, 7) is 7.19. The molecular formula is C26H29F2N5O. The molecule has 0 aliphatic carbocycles. The maximum atomic E-state index is 14.9. The van der Waals surface area contributed by atoms with Crippen LogP contribution in [-0.2, 0) is 6.42 Å². The van der Waals surface area contributed by atoms with Crippen molar-refractivity contribution in [2.24, 2.45) is 0 Å². The lowest BCUT2D eigenvalue weighted by atomic mass is 9.91. The van der Waals surface area contributed by atoms with Crippen molar-refractivity contribution in [2.45, 2.75) is 45.1 Å². The first-order valence-electron chi connectivity index (χ1n) is 11.9. The minimum absolute atomic E-state index is 0.0762. The van der Waals surface area contributed by atoms with E-state index in [1.165, 1.54) is 11.6 Å². The summed E-state index contributed by atoms with van der Waals surface area (Å²) in [6.07, 6.45) is 5.67. The number of anilines is 1. The molecule has 2 aliphatic heterocycles. The van der Waals surface area contributed by atoms with Crippen LogP contribution >= 0.6 is 0 Å². The van der Waals surface area contributed by atoms with Gasteiger partial charge in [0, 0.05) is 23.5 Å². The molecule has 0 bridgehead atoms. The lowest BCUT2D eigenvalue weighted by Gasteiger charge is -2.34. The van der Waals surface area contributed by atoms with E-state index >= 15 is 0 Å². The van der Waals surface area contributed by atoms with E-state index < -0.39 is 11.6 Å². The van der Waals surface area contributed by atoms with E-state index in [1.807, 2.05) is 26.1 Å². The van der Waals surface area contributed by atoms with Gasteiger partial charge in [0.05, 0.1) is 24.8 Å². The van der Waals surface area contributed by atoms with E-state index in [0.717, 1.165) is 37.8 Å². The van der Waals surface area contributed by atoms with Gasteiger partial charge in [-0.15, -0.1) is 0 Å². The number of benzene rings is 1. The van der Waals surface area contributed by atoms with Gasteiger partial charge in [0.1, 0.15) is 18.1 Å². The van der Waals surface area contributed by atoms with Crippen molar-refractivity contribution >= 4 is 5.69 Å². The van der Waals surface area contributed by atoms with Crippen LogP contribution in [0.25, 0.3) is 11.3 Å². The van der Waals surface area contributed by atoms with Gasteiger partial charge < -0.3 is 15.0 Å². The van der Waals surface area contributed by atoms with Crippen molar-refractivity contribution in [3.8, 4) is 17.0 Å². The molecule has 1 N–H and O–H groups in total. The minimum atomic E-state index is -0.592. The standard InChI is InChI=1S/C26H29F2N5O/c1-16(2)33-9-10-34-26-21(27)11-19(12-23(26)33)25-22(28)15-31-24(32-25)13-20-4-3-18(14-30-20)17-5-7-29-8-6-17/h3-4,11-12,14-17,29H,5-10,13H2,1-2H3. The molecule has 0 amide bonds. The second kappa shape index (κ2) is 9.62. The van der Waals surface area contributed by atoms with Gasteiger partial charge in [0.15, 0.2) is 17.4 Å². The average Bonchev–Trinajstić information content (AvgIpc) is 2.86. The van der Waals surface area contributed by atoms with Crippen molar-refractivity contribution in [1.29, 1.82) is 0 Å². The SMILES string of the molecule is CC(C)N1CCOc2c(F)cc(-c3nc(Cc4ccc(C5CCNCC5)cn4)ncc3F)cc21. The summed E-state index contributed by atoms with van der Waals surface area (Å²) in [5.74, 6) is 0.0625. The number of rotatable bonds is 5. The Morgan fingerprint density at radius 1 is 1.09 bits per heavy atom. The number of pyridine rings is 1. The number of nitrogens with one attached hydrogen (secondary N) is 1. The molecule has 34 heavy (non-hydrogen) atoms. The first kappa shape index (κ1) is 22.7. The highest BCUT2D eigenvalue weighted by Crippen LogP contribution is 2.39. The molecular weight excluding hydrogens is 436 g/mol. The summed E-state index contributed by atoms with van der Waals surface area (Å²) in [5.41, 5.74) is 3.11. The zero-order valence-electron chi connectivity index (χ0n) is 19.5. The van der Waals surface area contributed by atoms with E-state index in [2.05, 4.69) is 31.2 Å². The van der Waals surface area contributed by atoms with Crippen molar-refractivity contribution < 1.29 is 13.5 Å². The van der Waals surface area contributed by atoms with Crippen molar-refractivity contribution in [1.82, 2.24) is 20.3 Å². The van der Waals surface area contributed by atoms with Gasteiger partial charge in [0.2, 0.25) is 0 Å². The molecule has 1 aromatic carbocycles. The van der Waals surface area contributed by atoms with Crippen LogP contribution in [0.4, 0.5) is 14.5 Å². The van der Waals surface area contributed by atoms with E-state index in [9.17, 15) is 8.78 Å². The van der Waals surface area contributed by atoms with Crippen LogP contribution in [0.5, 0.6) is 5.75 Å². The Hall–Kier alpha value is -3.13. The van der Waals surface area contributed by atoms with Crippen LogP contribution in [0.15, 0.2) is 36.7 Å². The minimum Gasteiger partial charge on any atom is -0.486 e. The van der Waals surface area contributed by atoms with Crippen molar-refractivity contribution in [2.75, 3.05) is 31.1 Å². The van der Waals surface area contributed by atoms with E-state index in [4.69, 9.17) is 4.74 Å². The molecule has 2 aliphatic rings. The topological polar surface area (TPSA) is 63.2 Å². The molecule has 2 aromatic heterocycles. The average molecular weight is 466 g/mol. The number of nitrogens with zero attached hydrogens (tertiary/aromatic N) is 4. The van der Waals surface area contributed by atoms with E-state index in [0.29, 0.717) is 42.6 Å². The number of ether oxygens (including phenoxy) is 1. The van der Waals surface area contributed by atoms with Crippen LogP contribution < -0.4 is 15.0 Å². The summed E-state index contributed by atoms with van der Waals surface area (Å²) in [5, 5.41) is 3.38. The molecule has 6 nitrogen and oxygen atoms in total. The fourth-order valence-electron chi connectivity index (χ4n) is 4.77. The van der Waals surface area contributed by atoms with Gasteiger partial charge in [-0.25, -0.2) is 18.7 Å². The van der Waals surface area contributed by atoms with Gasteiger partial charge in [-0.05, 0) is 69.5 Å². The third kappa shape index (κ3) is 4.59. The Labute approximate surface area is 198 Å². The zero-order valence-corrected chi connectivity index (χ0v) is 19.5. The number of aromatic nitrogens is 3. The van der Waals surface area contributed by atoms with Crippen LogP contribution in [0.3, 0.4) is 0 Å². The number of hydrogen-bond donors (Lipinski definition) is 1. The van der Waals surface area contributed by atoms with Gasteiger partial charge in [-0.1, -0.05) is 6.07 Å². The Bertz CT molecular complexity index is 1160. The second-order valence-electron chi connectivity index (χ2n) is 9.21. The molecule has 0 atom stereocenters. The van der Waals surface area contributed by atoms with E-state index in [1.54, 1.807) is 6.07 Å². The van der Waals surface area contributed by atoms with Crippen LogP contribution in [-0.4, -0.2) is 47.2 Å². The molecule has 0 unspecified atom stereocenters. The summed E-state index contributed by atoms with van der Waals surface area (Å²) in [4.78, 5) is 15.3. The number of piperidine rings is 1. The molecule has 5 rings (SSSR count). The van der Waals surface area contributed by atoms with E-state index in [-0.39, 0.29) is 17.5 Å². The lowest BCUT2D eigenvalue weighted by molar-refractivity contribution is 0.287. The number of fused-ring (bicyclic) bond motifs is 1. The van der Waals surface area contributed by atoms with Crippen LogP contribution in [0.1, 0.15) is 49.7 Å². The normalized spacial score (nSPS) is 16.4. The Balaban J connectivity index is 1.41. The van der Waals surface area contributed by atoms with Crippen molar-refractivity contribution in [3.05, 3.63) is 65.4 Å². The number of halogens is 2. The molecule has 3 aromatic rings. The Kier molecular flexibility index (Phi) is 6.41. The summed E-state index contributed by atoms with van der Waals surface area (Å²) in [6, 6.07) is 7.28. The quantitative estimate of drug-likeness (QED) is 0.600. The van der Waals surface area contributed by atoms with Gasteiger partial charge in [-0.3, -0.25) is 4.98 Å². The maximum absolute atomic E-state index is 14.9. The molecule has 0 spiro atoms. The maximum Gasteiger partial charge on any atom is 0.178 e. The fourth-order valence-corrected chi connectivity index (χ4v) is 4.77. The molecule has 8 heteroatoms. The Morgan fingerprint density at radius 2 is 1.91 bits per heavy atom. The largest absolute Gasteiger partial charge is 0.486 e. The third-order valence-electron chi connectivity index (χ3n) is 6.60. The second-order valence-corrected chi connectivity index (χ2v) is 9.21. The molecule has 0 saturated carbocycles. The van der Waals surface area contributed by atoms with Crippen LogP contribution in [0.2, 0.25) is 0 Å². The first-order valence-corrected chi connectivity index (χ1v) is 11.9. The van der Waals surface area contributed by atoms with Crippen molar-refractivity contribution in [3.63, 3.8) is 0 Å². The third-order valence-corrected chi connectivity index (χ3v) is 6.60. The Morgan fingerprint density at radius 3 is 2.65 bits per heavy atom. The highest BCUT2D eigenvalue weighted by atomic mass is 19.1. The predicted octanol–water partition coefficient (Wildman–Crippen LogP) is 4.48. The van der Waals surface area contributed by atoms with Gasteiger partial charge in [0.25, 0.3) is 0 Å². The lowest BCUT2D eigenvalue weighted by Crippen LogP contribution is -2.38. The molecule has 1 fully saturated rings. The summed E-state index contributed by atoms with van der Waals surface area (Å²) in [7, 11) is 0. The predicted molar refractivity (Wildman–Crippen MR) is 127 cm³/mol. The molecule has 178 valence electrons. The molecule has 4 heterocycles. The van der Waals surface area contributed by atoms with Gasteiger partial charge in [-0.2, -0.15) is 0 Å². The highest BCUT2D eigenvalue weighted by molar-refractivity contribution is 5.72. The number of hydrogen-bond acceptors (Lipinski definition) is 6. The summed E-state index contributed by atoms with van der Waals surface area (Å²) >= 11 is 0. The van der Waals surface area contributed by atoms with Gasteiger partial charge >= 0.3 is 0 Å². The molecule has 1 saturated heterocycles. The van der Waals surface area contributed by atoms with Crippen LogP contribution in [0, 0.1) is 11.6 Å². The monoisotopic (exact) mass is 465 g/mol. The molecule has 0 radical (unpaired) electrons.